The lowest BCUT2D eigenvalue weighted by Gasteiger charge is -2.25. The summed E-state index contributed by atoms with van der Waals surface area (Å²) in [4.78, 5) is 21.3. The summed E-state index contributed by atoms with van der Waals surface area (Å²) in [5.41, 5.74) is 1.72. The Balaban J connectivity index is 1.94. The van der Waals surface area contributed by atoms with Gasteiger partial charge in [-0.25, -0.2) is 4.39 Å². The molecule has 0 spiro atoms. The van der Waals surface area contributed by atoms with Crippen molar-refractivity contribution in [1.29, 1.82) is 0 Å². The van der Waals surface area contributed by atoms with Crippen LogP contribution in [0.25, 0.3) is 10.9 Å². The predicted molar refractivity (Wildman–Crippen MR) is 101 cm³/mol. The van der Waals surface area contributed by atoms with Gasteiger partial charge in [0.15, 0.2) is 0 Å². The first kappa shape index (κ1) is 18.0. The minimum Gasteiger partial charge on any atom is -0.333 e. The van der Waals surface area contributed by atoms with E-state index in [1.807, 2.05) is 43.3 Å². The van der Waals surface area contributed by atoms with E-state index in [1.54, 1.807) is 35.4 Å². The lowest BCUT2D eigenvalue weighted by atomic mass is 10.1. The molecular formula is C21H22FN3O. The average molecular weight is 351 g/mol. The molecule has 3 aromatic rings. The van der Waals surface area contributed by atoms with E-state index in [-0.39, 0.29) is 18.3 Å². The summed E-state index contributed by atoms with van der Waals surface area (Å²) >= 11 is 0. The van der Waals surface area contributed by atoms with Crippen LogP contribution in [0.3, 0.4) is 0 Å². The number of likely N-dealkylation sites (N-methyl/N-ethyl adjacent to an activating group) is 1. The first-order valence-electron chi connectivity index (χ1n) is 8.57. The summed E-state index contributed by atoms with van der Waals surface area (Å²) in [7, 11) is 3.90. The van der Waals surface area contributed by atoms with Crippen LogP contribution in [0, 0.1) is 5.82 Å². The van der Waals surface area contributed by atoms with Crippen molar-refractivity contribution < 1.29 is 9.18 Å². The molecular weight excluding hydrogens is 329 g/mol. The van der Waals surface area contributed by atoms with E-state index in [2.05, 4.69) is 4.98 Å². The second-order valence-corrected chi connectivity index (χ2v) is 6.50. The van der Waals surface area contributed by atoms with Crippen molar-refractivity contribution in [3.63, 3.8) is 0 Å². The number of carbonyl (C=O) groups is 1. The average Bonchev–Trinajstić information content (AvgIpc) is 2.65. The SMILES string of the molecule is CN(C)CCN(Cc1ccccc1F)C(=O)c1cccc2cccnc12. The molecule has 1 amide bonds. The van der Waals surface area contributed by atoms with Crippen molar-refractivity contribution in [2.24, 2.45) is 0 Å². The minimum absolute atomic E-state index is 0.139. The summed E-state index contributed by atoms with van der Waals surface area (Å²) in [6.45, 7) is 1.42. The number of hydrogen-bond donors (Lipinski definition) is 0. The molecule has 4 nitrogen and oxygen atoms in total. The van der Waals surface area contributed by atoms with Gasteiger partial charge in [-0.05, 0) is 32.3 Å². The molecule has 1 heterocycles. The van der Waals surface area contributed by atoms with Crippen LogP contribution < -0.4 is 0 Å². The van der Waals surface area contributed by atoms with E-state index in [9.17, 15) is 9.18 Å². The Hall–Kier alpha value is -2.79. The van der Waals surface area contributed by atoms with Crippen LogP contribution in [-0.2, 0) is 6.54 Å². The van der Waals surface area contributed by atoms with Crippen molar-refractivity contribution in [1.82, 2.24) is 14.8 Å². The van der Waals surface area contributed by atoms with E-state index < -0.39 is 0 Å². The monoisotopic (exact) mass is 351 g/mol. The minimum atomic E-state index is -0.300. The number of para-hydroxylation sites is 1. The lowest BCUT2D eigenvalue weighted by molar-refractivity contribution is 0.0732. The van der Waals surface area contributed by atoms with Crippen molar-refractivity contribution in [2.75, 3.05) is 27.2 Å². The third-order valence-corrected chi connectivity index (χ3v) is 4.29. The van der Waals surface area contributed by atoms with Gasteiger partial charge in [-0.1, -0.05) is 36.4 Å². The fourth-order valence-corrected chi connectivity index (χ4v) is 2.85. The molecule has 0 N–H and O–H groups in total. The maximum atomic E-state index is 14.1. The number of amides is 1. The lowest BCUT2D eigenvalue weighted by Crippen LogP contribution is -2.36. The van der Waals surface area contributed by atoms with Gasteiger partial charge in [0.05, 0.1) is 11.1 Å². The van der Waals surface area contributed by atoms with Gasteiger partial charge in [0.25, 0.3) is 5.91 Å². The molecule has 3 rings (SSSR count). The second-order valence-electron chi connectivity index (χ2n) is 6.50. The highest BCUT2D eigenvalue weighted by molar-refractivity contribution is 6.05. The van der Waals surface area contributed by atoms with Crippen LogP contribution in [-0.4, -0.2) is 47.9 Å². The van der Waals surface area contributed by atoms with Crippen LogP contribution >= 0.6 is 0 Å². The number of hydrogen-bond acceptors (Lipinski definition) is 3. The molecule has 0 saturated carbocycles. The van der Waals surface area contributed by atoms with E-state index in [1.165, 1.54) is 6.07 Å². The van der Waals surface area contributed by atoms with E-state index in [4.69, 9.17) is 0 Å². The molecule has 0 unspecified atom stereocenters. The van der Waals surface area contributed by atoms with Gasteiger partial charge < -0.3 is 9.80 Å². The van der Waals surface area contributed by atoms with Gasteiger partial charge in [0, 0.05) is 36.8 Å². The fourth-order valence-electron chi connectivity index (χ4n) is 2.85. The maximum absolute atomic E-state index is 14.1. The molecule has 0 aliphatic rings. The highest BCUT2D eigenvalue weighted by Gasteiger charge is 2.20. The molecule has 1 aromatic heterocycles. The number of halogens is 1. The smallest absolute Gasteiger partial charge is 0.256 e. The molecule has 2 aromatic carbocycles. The van der Waals surface area contributed by atoms with Gasteiger partial charge in [0.2, 0.25) is 0 Å². The highest BCUT2D eigenvalue weighted by Crippen LogP contribution is 2.19. The number of aromatic nitrogens is 1. The molecule has 26 heavy (non-hydrogen) atoms. The van der Waals surface area contributed by atoms with E-state index in [0.29, 0.717) is 29.7 Å². The normalized spacial score (nSPS) is 11.1. The number of pyridine rings is 1. The fraction of sp³-hybridized carbons (Fsp3) is 0.238. The summed E-state index contributed by atoms with van der Waals surface area (Å²) in [6, 6.07) is 15.9. The molecule has 5 heteroatoms. The molecule has 0 radical (unpaired) electrons. The zero-order valence-corrected chi connectivity index (χ0v) is 15.0. The van der Waals surface area contributed by atoms with E-state index >= 15 is 0 Å². The van der Waals surface area contributed by atoms with Crippen LogP contribution in [0.15, 0.2) is 60.8 Å². The number of benzene rings is 2. The quantitative estimate of drug-likeness (QED) is 0.681. The topological polar surface area (TPSA) is 36.4 Å². The number of rotatable bonds is 6. The number of nitrogens with zero attached hydrogens (tertiary/aromatic N) is 3. The van der Waals surface area contributed by atoms with Gasteiger partial charge in [-0.3, -0.25) is 9.78 Å². The highest BCUT2D eigenvalue weighted by atomic mass is 19.1. The molecule has 0 atom stereocenters. The van der Waals surface area contributed by atoms with Gasteiger partial charge in [0.1, 0.15) is 5.82 Å². The van der Waals surface area contributed by atoms with Gasteiger partial charge in [-0.2, -0.15) is 0 Å². The zero-order chi connectivity index (χ0) is 18.5. The molecule has 0 saturated heterocycles. The summed E-state index contributed by atoms with van der Waals surface area (Å²) in [5, 5.41) is 0.914. The Bertz CT molecular complexity index is 905. The van der Waals surface area contributed by atoms with Crippen LogP contribution in [0.1, 0.15) is 15.9 Å². The zero-order valence-electron chi connectivity index (χ0n) is 15.0. The van der Waals surface area contributed by atoms with Crippen molar-refractivity contribution in [3.05, 3.63) is 77.7 Å². The predicted octanol–water partition coefficient (Wildman–Crippen LogP) is 3.58. The van der Waals surface area contributed by atoms with Gasteiger partial charge >= 0.3 is 0 Å². The Morgan fingerprint density at radius 3 is 2.54 bits per heavy atom. The Morgan fingerprint density at radius 1 is 1.00 bits per heavy atom. The Labute approximate surface area is 152 Å². The summed E-state index contributed by atoms with van der Waals surface area (Å²) in [6.07, 6.45) is 1.68. The van der Waals surface area contributed by atoms with Crippen LogP contribution in [0.5, 0.6) is 0 Å². The van der Waals surface area contributed by atoms with Crippen molar-refractivity contribution >= 4 is 16.8 Å². The van der Waals surface area contributed by atoms with Crippen LogP contribution in [0.4, 0.5) is 4.39 Å². The van der Waals surface area contributed by atoms with E-state index in [0.717, 1.165) is 5.39 Å². The third-order valence-electron chi connectivity index (χ3n) is 4.29. The molecule has 0 bridgehead atoms. The first-order valence-corrected chi connectivity index (χ1v) is 8.57. The van der Waals surface area contributed by atoms with Crippen molar-refractivity contribution in [3.8, 4) is 0 Å². The van der Waals surface area contributed by atoms with Gasteiger partial charge in [-0.15, -0.1) is 0 Å². The van der Waals surface area contributed by atoms with Crippen LogP contribution in [0.2, 0.25) is 0 Å². The Kier molecular flexibility index (Phi) is 5.58. The number of carbonyl (C=O) groups excluding carboxylic acids is 1. The first-order chi connectivity index (χ1) is 12.6. The van der Waals surface area contributed by atoms with Crippen molar-refractivity contribution in [2.45, 2.75) is 6.54 Å². The molecule has 134 valence electrons. The third kappa shape index (κ3) is 4.06. The molecule has 0 aliphatic carbocycles. The maximum Gasteiger partial charge on any atom is 0.256 e. The Morgan fingerprint density at radius 2 is 1.77 bits per heavy atom. The molecule has 0 aliphatic heterocycles. The molecule has 0 fully saturated rings. The second kappa shape index (κ2) is 8.06. The number of fused-ring (bicyclic) bond motifs is 1. The standard InChI is InChI=1S/C21H22FN3O/c1-24(2)13-14-25(15-17-7-3-4-11-19(17)22)21(26)18-10-5-8-16-9-6-12-23-20(16)18/h3-12H,13-15H2,1-2H3. The largest absolute Gasteiger partial charge is 0.333 e. The summed E-state index contributed by atoms with van der Waals surface area (Å²) in [5.74, 6) is -0.439. The summed E-state index contributed by atoms with van der Waals surface area (Å²) < 4.78 is 14.1.